The van der Waals surface area contributed by atoms with Gasteiger partial charge in [-0.2, -0.15) is 0 Å². The summed E-state index contributed by atoms with van der Waals surface area (Å²) >= 11 is 0. The summed E-state index contributed by atoms with van der Waals surface area (Å²) in [5.74, 6) is 0. The number of hydrogen-bond donors (Lipinski definition) is 0. The van der Waals surface area contributed by atoms with Crippen LogP contribution in [0.2, 0.25) is 0 Å². The lowest BCUT2D eigenvalue weighted by atomic mass is 10.4. The first-order valence-electron chi connectivity index (χ1n) is 2.88. The van der Waals surface area contributed by atoms with Gasteiger partial charge in [0, 0.05) is 32.2 Å². The average Bonchev–Trinajstić information content (AvgIpc) is 1.90. The maximum absolute atomic E-state index is 3.90. The largest absolute Gasteiger partial charge is 0.378 e. The standard InChI is InChI=1S/C7H10N2.2CH4/c1-9(2)7-3-5-8-6-4-7;;/h3-6H,1-2H3;2*1H4. The highest BCUT2D eigenvalue weighted by Gasteiger charge is 1.88. The second kappa shape index (κ2) is 5.71. The van der Waals surface area contributed by atoms with Crippen LogP contribution in [0, 0.1) is 0 Å². The molecule has 1 heterocycles. The Bertz CT molecular complexity index is 170. The van der Waals surface area contributed by atoms with Gasteiger partial charge in [0.15, 0.2) is 0 Å². The van der Waals surface area contributed by atoms with E-state index in [4.69, 9.17) is 0 Å². The topological polar surface area (TPSA) is 16.1 Å². The molecule has 0 unspecified atom stereocenters. The van der Waals surface area contributed by atoms with Crippen LogP contribution in [0.4, 0.5) is 5.69 Å². The van der Waals surface area contributed by atoms with E-state index in [0.717, 1.165) is 0 Å². The maximum Gasteiger partial charge on any atom is 0.0391 e. The van der Waals surface area contributed by atoms with Gasteiger partial charge in [-0.15, -0.1) is 0 Å². The molecule has 1 aromatic heterocycles. The second-order valence-corrected chi connectivity index (χ2v) is 2.10. The molecule has 0 aliphatic rings. The van der Waals surface area contributed by atoms with Crippen LogP contribution in [0.15, 0.2) is 24.5 Å². The van der Waals surface area contributed by atoms with Crippen LogP contribution in [0.1, 0.15) is 14.9 Å². The van der Waals surface area contributed by atoms with Gasteiger partial charge in [-0.1, -0.05) is 14.9 Å². The summed E-state index contributed by atoms with van der Waals surface area (Å²) in [7, 11) is 4.02. The average molecular weight is 154 g/mol. The fourth-order valence-electron chi connectivity index (χ4n) is 0.642. The Hall–Kier alpha value is -1.05. The lowest BCUT2D eigenvalue weighted by Gasteiger charge is -2.10. The molecule has 0 aliphatic heterocycles. The molecule has 0 bridgehead atoms. The summed E-state index contributed by atoms with van der Waals surface area (Å²) < 4.78 is 0. The molecule has 0 aliphatic carbocycles. The third-order valence-electron chi connectivity index (χ3n) is 1.18. The number of rotatable bonds is 1. The van der Waals surface area contributed by atoms with Gasteiger partial charge in [0.2, 0.25) is 0 Å². The van der Waals surface area contributed by atoms with E-state index in [1.54, 1.807) is 12.4 Å². The van der Waals surface area contributed by atoms with Crippen molar-refractivity contribution in [3.8, 4) is 0 Å². The van der Waals surface area contributed by atoms with Crippen LogP contribution in [0.5, 0.6) is 0 Å². The van der Waals surface area contributed by atoms with Gasteiger partial charge >= 0.3 is 0 Å². The molecule has 0 aromatic carbocycles. The molecule has 64 valence electrons. The quantitative estimate of drug-likeness (QED) is 0.617. The molecule has 0 fully saturated rings. The molecular formula is C9H18N2. The van der Waals surface area contributed by atoms with E-state index in [1.807, 2.05) is 31.1 Å². The van der Waals surface area contributed by atoms with E-state index >= 15 is 0 Å². The highest BCUT2D eigenvalue weighted by molar-refractivity contribution is 5.42. The normalized spacial score (nSPS) is 7.45. The number of nitrogens with zero attached hydrogens (tertiary/aromatic N) is 2. The molecule has 1 aromatic rings. The summed E-state index contributed by atoms with van der Waals surface area (Å²) in [6.45, 7) is 0. The molecule has 0 N–H and O–H groups in total. The van der Waals surface area contributed by atoms with Crippen LogP contribution >= 0.6 is 0 Å². The minimum atomic E-state index is 0. The summed E-state index contributed by atoms with van der Waals surface area (Å²) in [4.78, 5) is 5.94. The Morgan fingerprint density at radius 3 is 1.82 bits per heavy atom. The first kappa shape index (κ1) is 12.6. The minimum absolute atomic E-state index is 0. The van der Waals surface area contributed by atoms with Crippen molar-refractivity contribution in [2.24, 2.45) is 0 Å². The minimum Gasteiger partial charge on any atom is -0.378 e. The van der Waals surface area contributed by atoms with Gasteiger partial charge in [0.25, 0.3) is 0 Å². The molecule has 0 saturated carbocycles. The lowest BCUT2D eigenvalue weighted by Crippen LogP contribution is -2.07. The summed E-state index contributed by atoms with van der Waals surface area (Å²) in [6, 6.07) is 3.94. The van der Waals surface area contributed by atoms with Crippen LogP contribution in [-0.2, 0) is 0 Å². The van der Waals surface area contributed by atoms with E-state index in [0.29, 0.717) is 0 Å². The molecule has 2 heteroatoms. The van der Waals surface area contributed by atoms with Crippen molar-refractivity contribution in [2.45, 2.75) is 14.9 Å². The molecule has 1 rings (SSSR count). The highest BCUT2D eigenvalue weighted by atomic mass is 15.1. The third-order valence-corrected chi connectivity index (χ3v) is 1.18. The second-order valence-electron chi connectivity index (χ2n) is 2.10. The fourth-order valence-corrected chi connectivity index (χ4v) is 0.642. The van der Waals surface area contributed by atoms with E-state index in [9.17, 15) is 0 Å². The van der Waals surface area contributed by atoms with Crippen molar-refractivity contribution in [3.63, 3.8) is 0 Å². The lowest BCUT2D eigenvalue weighted by molar-refractivity contribution is 1.12. The van der Waals surface area contributed by atoms with Crippen LogP contribution in [0.25, 0.3) is 0 Å². The van der Waals surface area contributed by atoms with Gasteiger partial charge in [0.1, 0.15) is 0 Å². The first-order valence-corrected chi connectivity index (χ1v) is 2.88. The molecular weight excluding hydrogens is 136 g/mol. The summed E-state index contributed by atoms with van der Waals surface area (Å²) in [5, 5.41) is 0. The third kappa shape index (κ3) is 3.61. The van der Waals surface area contributed by atoms with Crippen molar-refractivity contribution >= 4 is 5.69 Å². The predicted octanol–water partition coefficient (Wildman–Crippen LogP) is 2.42. The van der Waals surface area contributed by atoms with Crippen molar-refractivity contribution in [1.29, 1.82) is 0 Å². The molecule has 0 amide bonds. The first-order chi connectivity index (χ1) is 4.30. The van der Waals surface area contributed by atoms with Crippen LogP contribution < -0.4 is 4.90 Å². The highest BCUT2D eigenvalue weighted by Crippen LogP contribution is 2.05. The van der Waals surface area contributed by atoms with Crippen molar-refractivity contribution < 1.29 is 0 Å². The number of pyridine rings is 1. The zero-order valence-electron chi connectivity index (χ0n) is 5.70. The monoisotopic (exact) mass is 154 g/mol. The summed E-state index contributed by atoms with van der Waals surface area (Å²) in [6.07, 6.45) is 3.57. The molecule has 0 atom stereocenters. The Labute approximate surface area is 69.9 Å². The van der Waals surface area contributed by atoms with Crippen LogP contribution in [-0.4, -0.2) is 19.1 Å². The zero-order chi connectivity index (χ0) is 6.69. The van der Waals surface area contributed by atoms with Crippen molar-refractivity contribution in [1.82, 2.24) is 4.98 Å². The number of anilines is 1. The van der Waals surface area contributed by atoms with Crippen molar-refractivity contribution in [3.05, 3.63) is 24.5 Å². The maximum atomic E-state index is 3.90. The molecule has 0 spiro atoms. The number of aromatic nitrogens is 1. The van der Waals surface area contributed by atoms with Gasteiger partial charge in [-0.05, 0) is 12.1 Å². The Balaban J connectivity index is 0. The van der Waals surface area contributed by atoms with Gasteiger partial charge in [-0.3, -0.25) is 4.98 Å². The fraction of sp³-hybridized carbons (Fsp3) is 0.444. The van der Waals surface area contributed by atoms with E-state index < -0.39 is 0 Å². The Morgan fingerprint density at radius 2 is 1.55 bits per heavy atom. The number of hydrogen-bond acceptors (Lipinski definition) is 2. The van der Waals surface area contributed by atoms with Gasteiger partial charge < -0.3 is 4.90 Å². The molecule has 11 heavy (non-hydrogen) atoms. The van der Waals surface area contributed by atoms with E-state index in [1.165, 1.54) is 5.69 Å². The van der Waals surface area contributed by atoms with Crippen LogP contribution in [0.3, 0.4) is 0 Å². The molecule has 0 radical (unpaired) electrons. The predicted molar refractivity (Wildman–Crippen MR) is 52.0 cm³/mol. The molecule has 0 saturated heterocycles. The van der Waals surface area contributed by atoms with Gasteiger partial charge in [-0.25, -0.2) is 0 Å². The Morgan fingerprint density at radius 1 is 1.09 bits per heavy atom. The summed E-state index contributed by atoms with van der Waals surface area (Å²) in [5.41, 5.74) is 1.19. The van der Waals surface area contributed by atoms with Crippen molar-refractivity contribution in [2.75, 3.05) is 19.0 Å². The Kier molecular flexibility index (Phi) is 6.55. The smallest absolute Gasteiger partial charge is 0.0391 e. The zero-order valence-corrected chi connectivity index (χ0v) is 5.70. The molecule has 2 nitrogen and oxygen atoms in total. The van der Waals surface area contributed by atoms with E-state index in [2.05, 4.69) is 4.98 Å². The van der Waals surface area contributed by atoms with E-state index in [-0.39, 0.29) is 14.9 Å². The SMILES string of the molecule is C.C.CN(C)c1ccncc1. The van der Waals surface area contributed by atoms with Gasteiger partial charge in [0.05, 0.1) is 0 Å².